The van der Waals surface area contributed by atoms with Gasteiger partial charge in [0.2, 0.25) is 0 Å². The fourth-order valence-corrected chi connectivity index (χ4v) is 3.79. The summed E-state index contributed by atoms with van der Waals surface area (Å²) in [7, 11) is 0. The van der Waals surface area contributed by atoms with E-state index < -0.39 is 0 Å². The van der Waals surface area contributed by atoms with Gasteiger partial charge in [0, 0.05) is 23.5 Å². The van der Waals surface area contributed by atoms with Crippen LogP contribution in [0.15, 0.2) is 0 Å². The lowest BCUT2D eigenvalue weighted by atomic mass is 10.0. The molecule has 2 aliphatic heterocycles. The second kappa shape index (κ2) is 3.90. The Bertz CT molecular complexity index is 167. The van der Waals surface area contributed by atoms with Gasteiger partial charge in [-0.2, -0.15) is 0 Å². The Balaban J connectivity index is 1.98. The van der Waals surface area contributed by atoms with Crippen LogP contribution >= 0.6 is 15.9 Å². The number of fused-ring (bicyclic) bond motifs is 2. The summed E-state index contributed by atoms with van der Waals surface area (Å²) >= 11 is 3.78. The molecule has 2 heteroatoms. The normalized spacial score (nSPS) is 40.2. The van der Waals surface area contributed by atoms with Crippen molar-refractivity contribution < 1.29 is 0 Å². The van der Waals surface area contributed by atoms with Gasteiger partial charge in [-0.25, -0.2) is 0 Å². The Kier molecular flexibility index (Phi) is 2.99. The third-order valence-electron chi connectivity index (χ3n) is 3.40. The molecule has 1 nitrogen and oxygen atoms in total. The maximum atomic E-state index is 3.78. The molecule has 2 atom stereocenters. The van der Waals surface area contributed by atoms with Crippen LogP contribution in [0.2, 0.25) is 0 Å². The molecule has 2 fully saturated rings. The van der Waals surface area contributed by atoms with Crippen molar-refractivity contribution in [3.05, 3.63) is 0 Å². The van der Waals surface area contributed by atoms with Crippen molar-refractivity contribution in [2.45, 2.75) is 56.4 Å². The second-order valence-corrected chi connectivity index (χ2v) is 6.34. The molecule has 2 saturated heterocycles. The summed E-state index contributed by atoms with van der Waals surface area (Å²) in [6.45, 7) is 5.98. The molecule has 0 aromatic heterocycles. The highest BCUT2D eigenvalue weighted by Crippen LogP contribution is 2.38. The number of hydrogen-bond acceptors (Lipinski definition) is 1. The van der Waals surface area contributed by atoms with Gasteiger partial charge in [0.05, 0.1) is 0 Å². The monoisotopic (exact) mass is 245 g/mol. The molecule has 0 amide bonds. The van der Waals surface area contributed by atoms with Gasteiger partial charge in [-0.1, -0.05) is 29.8 Å². The van der Waals surface area contributed by atoms with Gasteiger partial charge in [0.25, 0.3) is 0 Å². The first kappa shape index (κ1) is 9.97. The van der Waals surface area contributed by atoms with Gasteiger partial charge >= 0.3 is 0 Å². The van der Waals surface area contributed by atoms with Crippen molar-refractivity contribution in [1.82, 2.24) is 4.90 Å². The minimum atomic E-state index is 0.799. The maximum absolute atomic E-state index is 3.78. The lowest BCUT2D eigenvalue weighted by Crippen LogP contribution is -2.44. The van der Waals surface area contributed by atoms with Crippen LogP contribution < -0.4 is 0 Å². The molecular weight excluding hydrogens is 226 g/mol. The van der Waals surface area contributed by atoms with Crippen molar-refractivity contribution in [2.24, 2.45) is 5.92 Å². The highest BCUT2D eigenvalue weighted by Gasteiger charge is 2.39. The van der Waals surface area contributed by atoms with E-state index in [1.165, 1.54) is 32.2 Å². The molecule has 0 radical (unpaired) electrons. The third kappa shape index (κ3) is 2.10. The SMILES string of the molecule is CC(C)CN1C2CCC1CC(Br)C2. The van der Waals surface area contributed by atoms with Crippen molar-refractivity contribution in [1.29, 1.82) is 0 Å². The number of rotatable bonds is 2. The molecule has 2 unspecified atom stereocenters. The van der Waals surface area contributed by atoms with Crippen LogP contribution in [0.5, 0.6) is 0 Å². The lowest BCUT2D eigenvalue weighted by molar-refractivity contribution is 0.129. The molecule has 2 heterocycles. The zero-order valence-corrected chi connectivity index (χ0v) is 10.3. The van der Waals surface area contributed by atoms with Crippen LogP contribution in [0.1, 0.15) is 39.5 Å². The predicted octanol–water partition coefficient (Wildman–Crippen LogP) is 3.03. The van der Waals surface area contributed by atoms with Crippen LogP contribution in [0.4, 0.5) is 0 Å². The molecule has 0 saturated carbocycles. The number of alkyl halides is 1. The molecular formula is C11H20BrN. The second-order valence-electron chi connectivity index (χ2n) is 5.04. The Hall–Kier alpha value is 0.440. The van der Waals surface area contributed by atoms with Crippen molar-refractivity contribution >= 4 is 15.9 Å². The van der Waals surface area contributed by atoms with E-state index in [9.17, 15) is 0 Å². The quantitative estimate of drug-likeness (QED) is 0.677. The number of halogens is 1. The largest absolute Gasteiger partial charge is 0.297 e. The van der Waals surface area contributed by atoms with Gasteiger partial charge in [-0.3, -0.25) is 4.90 Å². The summed E-state index contributed by atoms with van der Waals surface area (Å²) in [5.41, 5.74) is 0. The van der Waals surface area contributed by atoms with E-state index in [0.717, 1.165) is 22.8 Å². The summed E-state index contributed by atoms with van der Waals surface area (Å²) < 4.78 is 0. The van der Waals surface area contributed by atoms with Crippen molar-refractivity contribution in [3.8, 4) is 0 Å². The summed E-state index contributed by atoms with van der Waals surface area (Å²) in [5, 5.41) is 0. The third-order valence-corrected chi connectivity index (χ3v) is 4.15. The smallest absolute Gasteiger partial charge is 0.0175 e. The highest BCUT2D eigenvalue weighted by molar-refractivity contribution is 9.09. The standard InChI is InChI=1S/C11H20BrN/c1-8(2)7-13-10-3-4-11(13)6-9(12)5-10/h8-11H,3-7H2,1-2H3. The fraction of sp³-hybridized carbons (Fsp3) is 1.00. The lowest BCUT2D eigenvalue weighted by Gasteiger charge is -2.38. The van der Waals surface area contributed by atoms with Gasteiger partial charge in [0.1, 0.15) is 0 Å². The van der Waals surface area contributed by atoms with E-state index in [1.54, 1.807) is 0 Å². The van der Waals surface area contributed by atoms with E-state index >= 15 is 0 Å². The minimum absolute atomic E-state index is 0.799. The van der Waals surface area contributed by atoms with Gasteiger partial charge < -0.3 is 0 Å². The van der Waals surface area contributed by atoms with Crippen LogP contribution in [-0.2, 0) is 0 Å². The Labute approximate surface area is 90.0 Å². The first-order valence-corrected chi connectivity index (χ1v) is 6.48. The topological polar surface area (TPSA) is 3.24 Å². The first-order valence-electron chi connectivity index (χ1n) is 5.56. The molecule has 0 N–H and O–H groups in total. The number of hydrogen-bond donors (Lipinski definition) is 0. The van der Waals surface area contributed by atoms with Gasteiger partial charge in [-0.15, -0.1) is 0 Å². The predicted molar refractivity (Wildman–Crippen MR) is 60.3 cm³/mol. The zero-order valence-electron chi connectivity index (χ0n) is 8.67. The zero-order chi connectivity index (χ0) is 9.42. The molecule has 0 aliphatic carbocycles. The molecule has 76 valence electrons. The van der Waals surface area contributed by atoms with E-state index in [4.69, 9.17) is 0 Å². The molecule has 2 bridgehead atoms. The molecule has 0 spiro atoms. The van der Waals surface area contributed by atoms with Gasteiger partial charge in [0.15, 0.2) is 0 Å². The average molecular weight is 246 g/mol. The van der Waals surface area contributed by atoms with Crippen LogP contribution in [0.25, 0.3) is 0 Å². The summed E-state index contributed by atoms with van der Waals surface area (Å²) in [6.07, 6.45) is 5.64. The van der Waals surface area contributed by atoms with Crippen molar-refractivity contribution in [2.75, 3.05) is 6.54 Å². The van der Waals surface area contributed by atoms with Crippen molar-refractivity contribution in [3.63, 3.8) is 0 Å². The molecule has 13 heavy (non-hydrogen) atoms. The summed E-state index contributed by atoms with van der Waals surface area (Å²) in [4.78, 5) is 3.57. The molecule has 2 rings (SSSR count). The molecule has 0 aromatic rings. The Morgan fingerprint density at radius 3 is 2.23 bits per heavy atom. The van der Waals surface area contributed by atoms with E-state index in [0.29, 0.717) is 0 Å². The van der Waals surface area contributed by atoms with E-state index in [2.05, 4.69) is 34.7 Å². The van der Waals surface area contributed by atoms with E-state index in [1.807, 2.05) is 0 Å². The first-order chi connectivity index (χ1) is 6.16. The van der Waals surface area contributed by atoms with E-state index in [-0.39, 0.29) is 0 Å². The number of nitrogens with zero attached hydrogens (tertiary/aromatic N) is 1. The highest BCUT2D eigenvalue weighted by atomic mass is 79.9. The average Bonchev–Trinajstić information content (AvgIpc) is 2.32. The maximum Gasteiger partial charge on any atom is 0.0175 e. The molecule has 0 aromatic carbocycles. The van der Waals surface area contributed by atoms with Crippen LogP contribution in [-0.4, -0.2) is 28.4 Å². The van der Waals surface area contributed by atoms with Crippen LogP contribution in [0, 0.1) is 5.92 Å². The molecule has 2 aliphatic rings. The Morgan fingerprint density at radius 2 is 1.77 bits per heavy atom. The Morgan fingerprint density at radius 1 is 1.23 bits per heavy atom. The minimum Gasteiger partial charge on any atom is -0.297 e. The fourth-order valence-electron chi connectivity index (χ4n) is 2.93. The summed E-state index contributed by atoms with van der Waals surface area (Å²) in [6, 6.07) is 1.79. The van der Waals surface area contributed by atoms with Crippen LogP contribution in [0.3, 0.4) is 0 Å². The van der Waals surface area contributed by atoms with Gasteiger partial charge in [-0.05, 0) is 31.6 Å². The summed E-state index contributed by atoms with van der Waals surface area (Å²) in [5.74, 6) is 0.829. The number of piperidine rings is 1.